The lowest BCUT2D eigenvalue weighted by molar-refractivity contribution is -0.143. The summed E-state index contributed by atoms with van der Waals surface area (Å²) in [6.07, 6.45) is 3.46. The largest absolute Gasteiger partial charge is 0.480 e. The normalized spacial score (nSPS) is 11.1. The molecule has 2 amide bonds. The highest BCUT2D eigenvalue weighted by atomic mass is 16.4. The second-order valence-electron chi connectivity index (χ2n) is 4.74. The van der Waals surface area contributed by atoms with E-state index in [1.54, 1.807) is 31.2 Å². The van der Waals surface area contributed by atoms with Gasteiger partial charge in [0.05, 0.1) is 12.7 Å². The molecule has 0 radical (unpaired) electrons. The van der Waals surface area contributed by atoms with Crippen molar-refractivity contribution in [3.8, 4) is 0 Å². The minimum absolute atomic E-state index is 0.370. The first-order chi connectivity index (χ1) is 8.22. The van der Waals surface area contributed by atoms with Crippen LogP contribution in [0.15, 0.2) is 12.4 Å². The van der Waals surface area contributed by atoms with E-state index in [-0.39, 0.29) is 0 Å². The van der Waals surface area contributed by atoms with Gasteiger partial charge in [-0.1, -0.05) is 0 Å². The van der Waals surface area contributed by atoms with Gasteiger partial charge in [0, 0.05) is 25.9 Å². The zero-order valence-electron chi connectivity index (χ0n) is 11.0. The molecule has 7 heteroatoms. The van der Waals surface area contributed by atoms with Crippen molar-refractivity contribution in [1.29, 1.82) is 0 Å². The van der Waals surface area contributed by atoms with Crippen LogP contribution in [-0.4, -0.2) is 44.4 Å². The molecule has 1 aromatic rings. The number of amides is 2. The van der Waals surface area contributed by atoms with Crippen molar-refractivity contribution in [3.63, 3.8) is 0 Å². The van der Waals surface area contributed by atoms with Gasteiger partial charge in [-0.15, -0.1) is 0 Å². The summed E-state index contributed by atoms with van der Waals surface area (Å²) in [7, 11) is 3.39. The molecule has 1 rings (SSSR count). The predicted octanol–water partition coefficient (Wildman–Crippen LogP) is 0.425. The first kappa shape index (κ1) is 14.0. The van der Waals surface area contributed by atoms with Gasteiger partial charge in [-0.2, -0.15) is 5.10 Å². The van der Waals surface area contributed by atoms with E-state index >= 15 is 0 Å². The average molecular weight is 254 g/mol. The lowest BCUT2D eigenvalue weighted by atomic mass is 10.1. The van der Waals surface area contributed by atoms with Crippen LogP contribution >= 0.6 is 0 Å². The Hall–Kier alpha value is -2.05. The van der Waals surface area contributed by atoms with E-state index in [0.717, 1.165) is 5.56 Å². The van der Waals surface area contributed by atoms with Crippen molar-refractivity contribution in [1.82, 2.24) is 20.0 Å². The first-order valence-corrected chi connectivity index (χ1v) is 5.46. The molecule has 0 fully saturated rings. The van der Waals surface area contributed by atoms with Crippen molar-refractivity contribution < 1.29 is 14.7 Å². The maximum Gasteiger partial charge on any atom is 0.328 e. The van der Waals surface area contributed by atoms with Gasteiger partial charge >= 0.3 is 12.0 Å². The number of hydrogen-bond acceptors (Lipinski definition) is 3. The molecule has 0 aliphatic rings. The predicted molar refractivity (Wildman–Crippen MR) is 64.9 cm³/mol. The number of carboxylic acid groups (broad SMARTS) is 1. The summed E-state index contributed by atoms with van der Waals surface area (Å²) in [5, 5.41) is 15.4. The fourth-order valence-corrected chi connectivity index (χ4v) is 1.32. The number of nitrogens with zero attached hydrogens (tertiary/aromatic N) is 3. The molecule has 0 bridgehead atoms. The Balaban J connectivity index is 2.59. The fraction of sp³-hybridized carbons (Fsp3) is 0.545. The molecular weight excluding hydrogens is 236 g/mol. The second kappa shape index (κ2) is 5.07. The van der Waals surface area contributed by atoms with Gasteiger partial charge in [0.1, 0.15) is 5.54 Å². The number of carboxylic acids is 1. The number of carbonyl (C=O) groups excluding carboxylic acids is 1. The third-order valence-electron chi connectivity index (χ3n) is 2.48. The van der Waals surface area contributed by atoms with E-state index in [2.05, 4.69) is 10.4 Å². The Morgan fingerprint density at radius 2 is 2.17 bits per heavy atom. The monoisotopic (exact) mass is 254 g/mol. The number of carbonyl (C=O) groups is 2. The van der Waals surface area contributed by atoms with Gasteiger partial charge in [0.2, 0.25) is 0 Å². The zero-order valence-corrected chi connectivity index (χ0v) is 11.0. The molecule has 1 heterocycles. The number of aliphatic carboxylic acids is 1. The van der Waals surface area contributed by atoms with Gasteiger partial charge in [-0.05, 0) is 13.8 Å². The molecule has 0 saturated carbocycles. The highest BCUT2D eigenvalue weighted by molar-refractivity contribution is 5.85. The summed E-state index contributed by atoms with van der Waals surface area (Å²) in [6, 6.07) is -0.439. The van der Waals surface area contributed by atoms with Crippen LogP contribution in [0.3, 0.4) is 0 Å². The topological polar surface area (TPSA) is 87.5 Å². The average Bonchev–Trinajstić information content (AvgIpc) is 2.63. The molecule has 100 valence electrons. The van der Waals surface area contributed by atoms with Crippen molar-refractivity contribution in [2.45, 2.75) is 25.9 Å². The summed E-state index contributed by atoms with van der Waals surface area (Å²) in [4.78, 5) is 24.1. The van der Waals surface area contributed by atoms with Gasteiger partial charge in [-0.25, -0.2) is 9.59 Å². The molecule has 0 unspecified atom stereocenters. The Labute approximate surface area is 105 Å². The van der Waals surface area contributed by atoms with Crippen molar-refractivity contribution in [3.05, 3.63) is 18.0 Å². The Kier molecular flexibility index (Phi) is 3.95. The second-order valence-corrected chi connectivity index (χ2v) is 4.74. The van der Waals surface area contributed by atoms with Crippen LogP contribution in [0.1, 0.15) is 19.4 Å². The van der Waals surface area contributed by atoms with Gasteiger partial charge in [-0.3, -0.25) is 4.68 Å². The maximum atomic E-state index is 11.8. The molecule has 0 saturated heterocycles. The van der Waals surface area contributed by atoms with E-state index in [1.807, 2.05) is 0 Å². The van der Waals surface area contributed by atoms with Crippen LogP contribution in [0, 0.1) is 0 Å². The lowest BCUT2D eigenvalue weighted by Gasteiger charge is -2.25. The molecule has 2 N–H and O–H groups in total. The molecule has 7 nitrogen and oxygen atoms in total. The Bertz CT molecular complexity index is 453. The third-order valence-corrected chi connectivity index (χ3v) is 2.48. The molecule has 1 aromatic heterocycles. The fourth-order valence-electron chi connectivity index (χ4n) is 1.32. The van der Waals surface area contributed by atoms with Crippen molar-refractivity contribution in [2.75, 3.05) is 7.05 Å². The Morgan fingerprint density at radius 1 is 1.56 bits per heavy atom. The quantitative estimate of drug-likeness (QED) is 0.815. The van der Waals surface area contributed by atoms with Crippen molar-refractivity contribution in [2.24, 2.45) is 7.05 Å². The van der Waals surface area contributed by atoms with Gasteiger partial charge in [0.25, 0.3) is 0 Å². The highest BCUT2D eigenvalue weighted by Crippen LogP contribution is 2.05. The SMILES string of the molecule is CN(Cc1cnn(C)c1)C(=O)NC(C)(C)C(=O)O. The minimum atomic E-state index is -1.29. The number of rotatable bonds is 4. The van der Waals surface area contributed by atoms with Crippen molar-refractivity contribution >= 4 is 12.0 Å². The molecule has 18 heavy (non-hydrogen) atoms. The number of urea groups is 1. The van der Waals surface area contributed by atoms with Crippen LogP contribution in [0.2, 0.25) is 0 Å². The minimum Gasteiger partial charge on any atom is -0.480 e. The van der Waals surface area contributed by atoms with Crippen LogP contribution in [0.25, 0.3) is 0 Å². The van der Waals surface area contributed by atoms with Crippen LogP contribution < -0.4 is 5.32 Å². The molecule has 0 aromatic carbocycles. The number of aromatic nitrogens is 2. The zero-order chi connectivity index (χ0) is 13.9. The summed E-state index contributed by atoms with van der Waals surface area (Å²) >= 11 is 0. The smallest absolute Gasteiger partial charge is 0.328 e. The number of hydrogen-bond donors (Lipinski definition) is 2. The maximum absolute atomic E-state index is 11.8. The van der Waals surface area contributed by atoms with Gasteiger partial charge in [0.15, 0.2) is 0 Å². The number of aryl methyl sites for hydroxylation is 1. The molecule has 0 aliphatic carbocycles. The highest BCUT2D eigenvalue weighted by Gasteiger charge is 2.30. The third kappa shape index (κ3) is 3.47. The van der Waals surface area contributed by atoms with E-state index < -0.39 is 17.5 Å². The van der Waals surface area contributed by atoms with E-state index in [1.165, 1.54) is 18.7 Å². The van der Waals surface area contributed by atoms with Gasteiger partial charge < -0.3 is 15.3 Å². The lowest BCUT2D eigenvalue weighted by Crippen LogP contribution is -2.53. The van der Waals surface area contributed by atoms with E-state index in [4.69, 9.17) is 5.11 Å². The summed E-state index contributed by atoms with van der Waals surface area (Å²) in [6.45, 7) is 3.24. The van der Waals surface area contributed by atoms with Crippen LogP contribution in [-0.2, 0) is 18.4 Å². The number of nitrogens with one attached hydrogen (secondary N) is 1. The standard InChI is InChI=1S/C11H18N4O3/c1-11(2,9(16)17)13-10(18)14(3)6-8-5-12-15(4)7-8/h5,7H,6H2,1-4H3,(H,13,18)(H,16,17). The molecule has 0 atom stereocenters. The Morgan fingerprint density at radius 3 is 2.61 bits per heavy atom. The van der Waals surface area contributed by atoms with Crippen LogP contribution in [0.5, 0.6) is 0 Å². The molecular formula is C11H18N4O3. The summed E-state index contributed by atoms with van der Waals surface area (Å²) in [5.41, 5.74) is -0.413. The summed E-state index contributed by atoms with van der Waals surface area (Å²) in [5.74, 6) is -1.08. The summed E-state index contributed by atoms with van der Waals surface area (Å²) < 4.78 is 1.64. The van der Waals surface area contributed by atoms with Crippen LogP contribution in [0.4, 0.5) is 4.79 Å². The molecule has 0 spiro atoms. The molecule has 0 aliphatic heterocycles. The van der Waals surface area contributed by atoms with E-state index in [0.29, 0.717) is 6.54 Å². The first-order valence-electron chi connectivity index (χ1n) is 5.46. The van der Waals surface area contributed by atoms with E-state index in [9.17, 15) is 9.59 Å².